The minimum atomic E-state index is -0.284. The highest BCUT2D eigenvalue weighted by Gasteiger charge is 2.07. The van der Waals surface area contributed by atoms with E-state index in [4.69, 9.17) is 5.73 Å². The number of aromatic nitrogens is 4. The molecule has 0 amide bonds. The van der Waals surface area contributed by atoms with Gasteiger partial charge in [-0.1, -0.05) is 12.1 Å². The van der Waals surface area contributed by atoms with Gasteiger partial charge in [0.2, 0.25) is 0 Å². The van der Waals surface area contributed by atoms with Gasteiger partial charge in [-0.15, -0.1) is 0 Å². The lowest BCUT2D eigenvalue weighted by atomic mass is 10.1. The van der Waals surface area contributed by atoms with Crippen LogP contribution in [0.1, 0.15) is 17.0 Å². The molecule has 0 bridgehead atoms. The molecule has 7 heteroatoms. The summed E-state index contributed by atoms with van der Waals surface area (Å²) < 4.78 is 1.43. The summed E-state index contributed by atoms with van der Waals surface area (Å²) in [6, 6.07) is 7.55. The van der Waals surface area contributed by atoms with Gasteiger partial charge in [0, 0.05) is 18.3 Å². The number of nitrogens with one attached hydrogen (secondary N) is 2. The topological polar surface area (TPSA) is 101 Å². The Balaban J connectivity index is 1.89. The number of aryl methyl sites for hydroxylation is 1. The number of aromatic amines is 1. The van der Waals surface area contributed by atoms with Gasteiger partial charge in [-0.2, -0.15) is 5.10 Å². The maximum atomic E-state index is 11.5. The van der Waals surface area contributed by atoms with Gasteiger partial charge >= 0.3 is 5.69 Å². The minimum Gasteiger partial charge on any atom is -0.399 e. The van der Waals surface area contributed by atoms with Gasteiger partial charge in [0.25, 0.3) is 0 Å². The summed E-state index contributed by atoms with van der Waals surface area (Å²) in [4.78, 5) is 15.9. The maximum Gasteiger partial charge on any atom is 0.349 e. The second-order valence-corrected chi connectivity index (χ2v) is 4.90. The van der Waals surface area contributed by atoms with Gasteiger partial charge in [-0.3, -0.25) is 0 Å². The zero-order valence-corrected chi connectivity index (χ0v) is 11.8. The molecule has 3 rings (SSSR count). The van der Waals surface area contributed by atoms with Crippen molar-refractivity contribution in [3.63, 3.8) is 0 Å². The molecule has 4 N–H and O–H groups in total. The molecule has 0 aliphatic heterocycles. The molecule has 108 valence electrons. The monoisotopic (exact) mass is 284 g/mol. The largest absolute Gasteiger partial charge is 0.399 e. The van der Waals surface area contributed by atoms with Crippen LogP contribution in [0.3, 0.4) is 0 Å². The standard InChI is InChI=1S/C14H16N6O/c1-8-10(4-3-5-11(8)15)7-16-12-6-13-18-19-14(21)20(13)9(2)17-12/h3-6,16H,7,15H2,1-2H3,(H,19,21). The quantitative estimate of drug-likeness (QED) is 0.628. The third kappa shape index (κ3) is 2.33. The van der Waals surface area contributed by atoms with Crippen molar-refractivity contribution < 1.29 is 0 Å². The average molecular weight is 284 g/mol. The van der Waals surface area contributed by atoms with Crippen LogP contribution >= 0.6 is 0 Å². The predicted molar refractivity (Wildman–Crippen MR) is 81.3 cm³/mol. The minimum absolute atomic E-state index is 0.284. The number of H-pyrrole nitrogens is 1. The molecule has 0 atom stereocenters. The highest BCUT2D eigenvalue weighted by molar-refractivity contribution is 5.53. The van der Waals surface area contributed by atoms with Gasteiger partial charge in [0.1, 0.15) is 11.6 Å². The van der Waals surface area contributed by atoms with E-state index in [-0.39, 0.29) is 5.69 Å². The Hall–Kier alpha value is -2.83. The third-order valence-corrected chi connectivity index (χ3v) is 3.52. The van der Waals surface area contributed by atoms with Gasteiger partial charge in [-0.05, 0) is 31.0 Å². The fraction of sp³-hybridized carbons (Fsp3) is 0.214. The highest BCUT2D eigenvalue weighted by Crippen LogP contribution is 2.17. The Bertz CT molecular complexity index is 864. The van der Waals surface area contributed by atoms with Crippen molar-refractivity contribution >= 4 is 17.2 Å². The molecule has 3 aromatic rings. The van der Waals surface area contributed by atoms with Crippen molar-refractivity contribution in [3.05, 3.63) is 51.7 Å². The Morgan fingerprint density at radius 2 is 2.19 bits per heavy atom. The van der Waals surface area contributed by atoms with E-state index in [1.165, 1.54) is 4.40 Å². The van der Waals surface area contributed by atoms with Crippen molar-refractivity contribution in [1.82, 2.24) is 19.6 Å². The first kappa shape index (κ1) is 13.2. The maximum absolute atomic E-state index is 11.5. The summed E-state index contributed by atoms with van der Waals surface area (Å²) in [5.41, 5.74) is 9.08. The molecular formula is C14H16N6O. The lowest BCUT2D eigenvalue weighted by Crippen LogP contribution is -2.14. The third-order valence-electron chi connectivity index (χ3n) is 3.52. The van der Waals surface area contributed by atoms with Gasteiger partial charge < -0.3 is 11.1 Å². The lowest BCUT2D eigenvalue weighted by Gasteiger charge is -2.10. The summed E-state index contributed by atoms with van der Waals surface area (Å²) in [5.74, 6) is 1.25. The molecule has 0 radical (unpaired) electrons. The molecule has 1 aromatic carbocycles. The van der Waals surface area contributed by atoms with E-state index in [0.717, 1.165) is 16.8 Å². The number of anilines is 2. The van der Waals surface area contributed by atoms with E-state index in [2.05, 4.69) is 20.5 Å². The summed E-state index contributed by atoms with van der Waals surface area (Å²) in [6.07, 6.45) is 0. The fourth-order valence-electron chi connectivity index (χ4n) is 2.27. The first-order valence-electron chi connectivity index (χ1n) is 6.59. The Labute approximate surface area is 120 Å². The first-order chi connectivity index (χ1) is 10.1. The summed E-state index contributed by atoms with van der Waals surface area (Å²) in [7, 11) is 0. The van der Waals surface area contributed by atoms with Crippen molar-refractivity contribution in [3.8, 4) is 0 Å². The molecule has 0 saturated carbocycles. The smallest absolute Gasteiger partial charge is 0.349 e. The number of fused-ring (bicyclic) bond motifs is 1. The number of rotatable bonds is 3. The number of nitrogen functional groups attached to an aromatic ring is 1. The van der Waals surface area contributed by atoms with E-state index in [9.17, 15) is 4.79 Å². The van der Waals surface area contributed by atoms with Crippen LogP contribution in [0.2, 0.25) is 0 Å². The van der Waals surface area contributed by atoms with Crippen molar-refractivity contribution in [2.75, 3.05) is 11.1 Å². The molecule has 21 heavy (non-hydrogen) atoms. The second-order valence-electron chi connectivity index (χ2n) is 4.90. The van der Waals surface area contributed by atoms with Crippen LogP contribution in [0.25, 0.3) is 5.65 Å². The molecule has 2 aromatic heterocycles. The predicted octanol–water partition coefficient (Wildman–Crippen LogP) is 1.23. The highest BCUT2D eigenvalue weighted by atomic mass is 16.1. The average Bonchev–Trinajstić information content (AvgIpc) is 2.82. The van der Waals surface area contributed by atoms with Crippen LogP contribution in [0, 0.1) is 13.8 Å². The molecule has 7 nitrogen and oxygen atoms in total. The summed E-state index contributed by atoms with van der Waals surface area (Å²) >= 11 is 0. The normalized spacial score (nSPS) is 11.0. The molecule has 0 aliphatic rings. The Morgan fingerprint density at radius 1 is 1.38 bits per heavy atom. The zero-order valence-electron chi connectivity index (χ0n) is 11.8. The number of hydrogen-bond donors (Lipinski definition) is 3. The van der Waals surface area contributed by atoms with Gasteiger partial charge in [0.05, 0.1) is 0 Å². The molecule has 2 heterocycles. The van der Waals surface area contributed by atoms with Crippen molar-refractivity contribution in [1.29, 1.82) is 0 Å². The van der Waals surface area contributed by atoms with Crippen LogP contribution in [-0.4, -0.2) is 19.6 Å². The number of nitrogens with zero attached hydrogens (tertiary/aromatic N) is 3. The molecular weight excluding hydrogens is 268 g/mol. The molecule has 0 fully saturated rings. The number of benzene rings is 1. The van der Waals surface area contributed by atoms with E-state index in [1.807, 2.05) is 25.1 Å². The summed E-state index contributed by atoms with van der Waals surface area (Å²) in [5, 5.41) is 9.60. The molecule has 0 unspecified atom stereocenters. The van der Waals surface area contributed by atoms with Crippen LogP contribution < -0.4 is 16.7 Å². The van der Waals surface area contributed by atoms with Crippen LogP contribution in [0.5, 0.6) is 0 Å². The lowest BCUT2D eigenvalue weighted by molar-refractivity contribution is 0.931. The second kappa shape index (κ2) is 4.93. The number of hydrogen-bond acceptors (Lipinski definition) is 5. The van der Waals surface area contributed by atoms with Crippen LogP contribution in [0.15, 0.2) is 29.1 Å². The molecule has 0 aliphatic carbocycles. The fourth-order valence-corrected chi connectivity index (χ4v) is 2.27. The van der Waals surface area contributed by atoms with E-state index in [1.54, 1.807) is 13.0 Å². The first-order valence-corrected chi connectivity index (χ1v) is 6.59. The molecule has 0 saturated heterocycles. The summed E-state index contributed by atoms with van der Waals surface area (Å²) in [6.45, 7) is 4.36. The van der Waals surface area contributed by atoms with Crippen LogP contribution in [-0.2, 0) is 6.54 Å². The van der Waals surface area contributed by atoms with Crippen molar-refractivity contribution in [2.24, 2.45) is 0 Å². The number of nitrogens with two attached hydrogens (primary N) is 1. The van der Waals surface area contributed by atoms with Gasteiger partial charge in [-0.25, -0.2) is 19.3 Å². The van der Waals surface area contributed by atoms with E-state index < -0.39 is 0 Å². The SMILES string of the molecule is Cc1c(N)cccc1CNc1cc2n[nH]c(=O)n2c(C)n1. The zero-order chi connectivity index (χ0) is 15.0. The van der Waals surface area contributed by atoms with Crippen LogP contribution in [0.4, 0.5) is 11.5 Å². The Kier molecular flexibility index (Phi) is 3.09. The van der Waals surface area contributed by atoms with Crippen molar-refractivity contribution in [2.45, 2.75) is 20.4 Å². The Morgan fingerprint density at radius 3 is 3.00 bits per heavy atom. The van der Waals surface area contributed by atoms with E-state index in [0.29, 0.717) is 23.8 Å². The molecule has 0 spiro atoms. The van der Waals surface area contributed by atoms with E-state index >= 15 is 0 Å². The van der Waals surface area contributed by atoms with Gasteiger partial charge in [0.15, 0.2) is 5.65 Å².